The molecule has 0 aliphatic carbocycles. The largest absolute Gasteiger partial charge is 0.349 e. The number of hydrogen-bond acceptors (Lipinski definition) is 5. The summed E-state index contributed by atoms with van der Waals surface area (Å²) < 4.78 is 1.71. The second-order valence-electron chi connectivity index (χ2n) is 3.03. The molecule has 0 atom stereocenters. The highest BCUT2D eigenvalue weighted by Gasteiger charge is 2.02. The van der Waals surface area contributed by atoms with Gasteiger partial charge in [-0.3, -0.25) is 4.98 Å². The molecule has 6 nitrogen and oxygen atoms in total. The molecular weight excluding hydrogens is 192 g/mol. The van der Waals surface area contributed by atoms with E-state index in [2.05, 4.69) is 25.8 Å². The zero-order valence-electron chi connectivity index (χ0n) is 8.46. The highest BCUT2D eigenvalue weighted by Crippen LogP contribution is 2.03. The van der Waals surface area contributed by atoms with Gasteiger partial charge >= 0.3 is 0 Å². The lowest BCUT2D eigenvalue weighted by Crippen LogP contribution is -2.07. The molecule has 78 valence electrons. The fraction of sp³-hybridized carbons (Fsp3) is 0.333. The lowest BCUT2D eigenvalue weighted by Gasteiger charge is -2.04. The van der Waals surface area contributed by atoms with Crippen LogP contribution in [-0.2, 0) is 13.1 Å². The van der Waals surface area contributed by atoms with Crippen LogP contribution in [-0.4, -0.2) is 25.2 Å². The minimum absolute atomic E-state index is 0.689. The summed E-state index contributed by atoms with van der Waals surface area (Å²) in [6.45, 7) is 3.45. The van der Waals surface area contributed by atoms with Crippen molar-refractivity contribution in [2.24, 2.45) is 0 Å². The number of nitrogens with one attached hydrogen (secondary N) is 1. The molecule has 0 aliphatic rings. The van der Waals surface area contributed by atoms with Gasteiger partial charge in [-0.2, -0.15) is 0 Å². The molecule has 0 saturated heterocycles. The fourth-order valence-corrected chi connectivity index (χ4v) is 1.23. The van der Waals surface area contributed by atoms with Crippen molar-refractivity contribution in [2.45, 2.75) is 20.0 Å². The van der Waals surface area contributed by atoms with E-state index in [4.69, 9.17) is 0 Å². The predicted octanol–water partition coefficient (Wildman–Crippen LogP) is 0.700. The van der Waals surface area contributed by atoms with Gasteiger partial charge < -0.3 is 5.32 Å². The molecule has 0 spiro atoms. The van der Waals surface area contributed by atoms with Gasteiger partial charge in [0.25, 0.3) is 0 Å². The Hall–Kier alpha value is -1.98. The number of pyridine rings is 1. The summed E-state index contributed by atoms with van der Waals surface area (Å²) in [5.41, 5.74) is 1.15. The predicted molar refractivity (Wildman–Crippen MR) is 55.1 cm³/mol. The maximum absolute atomic E-state index is 3.95. The average molecular weight is 204 g/mol. The molecule has 1 N–H and O–H groups in total. The fourth-order valence-electron chi connectivity index (χ4n) is 1.23. The van der Waals surface area contributed by atoms with Gasteiger partial charge in [-0.15, -0.1) is 0 Å². The number of tetrazole rings is 1. The van der Waals surface area contributed by atoms with E-state index in [9.17, 15) is 0 Å². The SMILES string of the molecule is CCn1nnnc1NCc1ccncc1. The molecular formula is C9H12N6. The van der Waals surface area contributed by atoms with Crippen molar-refractivity contribution in [3.05, 3.63) is 30.1 Å². The minimum Gasteiger partial charge on any atom is -0.349 e. The van der Waals surface area contributed by atoms with Crippen LogP contribution in [0.3, 0.4) is 0 Å². The highest BCUT2D eigenvalue weighted by atomic mass is 15.6. The minimum atomic E-state index is 0.689. The van der Waals surface area contributed by atoms with E-state index in [1.165, 1.54) is 0 Å². The van der Waals surface area contributed by atoms with Gasteiger partial charge in [0, 0.05) is 25.5 Å². The number of nitrogens with zero attached hydrogens (tertiary/aromatic N) is 5. The summed E-state index contributed by atoms with van der Waals surface area (Å²) >= 11 is 0. The van der Waals surface area contributed by atoms with Crippen molar-refractivity contribution >= 4 is 5.95 Å². The standard InChI is InChI=1S/C9H12N6/c1-2-15-9(12-13-14-15)11-7-8-3-5-10-6-4-8/h3-6H,2,7H2,1H3,(H,11,12,14). The van der Waals surface area contributed by atoms with Gasteiger partial charge in [0.05, 0.1) is 0 Å². The third-order valence-corrected chi connectivity index (χ3v) is 2.03. The number of aryl methyl sites for hydroxylation is 1. The lowest BCUT2D eigenvalue weighted by molar-refractivity contribution is 0.629. The molecule has 0 aromatic carbocycles. The topological polar surface area (TPSA) is 68.5 Å². The normalized spacial score (nSPS) is 10.2. The Bertz CT molecular complexity index is 410. The quantitative estimate of drug-likeness (QED) is 0.794. The van der Waals surface area contributed by atoms with Gasteiger partial charge in [0.2, 0.25) is 5.95 Å². The van der Waals surface area contributed by atoms with Gasteiger partial charge in [-0.1, -0.05) is 5.10 Å². The molecule has 0 saturated carbocycles. The van der Waals surface area contributed by atoms with E-state index in [-0.39, 0.29) is 0 Å². The second kappa shape index (κ2) is 4.50. The van der Waals surface area contributed by atoms with Crippen molar-refractivity contribution in [2.75, 3.05) is 5.32 Å². The molecule has 6 heteroatoms. The van der Waals surface area contributed by atoms with Crippen molar-refractivity contribution in [3.8, 4) is 0 Å². The van der Waals surface area contributed by atoms with E-state index >= 15 is 0 Å². The van der Waals surface area contributed by atoms with E-state index in [0.717, 1.165) is 12.1 Å². The van der Waals surface area contributed by atoms with Crippen LogP contribution in [0.15, 0.2) is 24.5 Å². The molecule has 2 aromatic rings. The molecule has 0 unspecified atom stereocenters. The van der Waals surface area contributed by atoms with Gasteiger partial charge in [0.1, 0.15) is 0 Å². The summed E-state index contributed by atoms with van der Waals surface area (Å²) in [5, 5.41) is 14.5. The van der Waals surface area contributed by atoms with Crippen LogP contribution in [0.2, 0.25) is 0 Å². The first-order valence-electron chi connectivity index (χ1n) is 4.79. The highest BCUT2D eigenvalue weighted by molar-refractivity contribution is 5.24. The number of rotatable bonds is 4. The molecule has 2 rings (SSSR count). The van der Waals surface area contributed by atoms with Crippen molar-refractivity contribution in [1.29, 1.82) is 0 Å². The summed E-state index contributed by atoms with van der Waals surface area (Å²) in [5.74, 6) is 0.689. The number of anilines is 1. The van der Waals surface area contributed by atoms with Crippen LogP contribution in [0.5, 0.6) is 0 Å². The molecule has 15 heavy (non-hydrogen) atoms. The number of aromatic nitrogens is 5. The Labute approximate surface area is 87.3 Å². The van der Waals surface area contributed by atoms with E-state index in [0.29, 0.717) is 12.5 Å². The zero-order chi connectivity index (χ0) is 10.5. The van der Waals surface area contributed by atoms with E-state index in [1.807, 2.05) is 19.1 Å². The Morgan fingerprint density at radius 1 is 1.33 bits per heavy atom. The second-order valence-corrected chi connectivity index (χ2v) is 3.03. The third-order valence-electron chi connectivity index (χ3n) is 2.03. The Kier molecular flexibility index (Phi) is 2.87. The summed E-state index contributed by atoms with van der Waals surface area (Å²) in [4.78, 5) is 3.95. The Morgan fingerprint density at radius 2 is 2.13 bits per heavy atom. The first kappa shape index (κ1) is 9.57. The maximum atomic E-state index is 3.95. The first-order chi connectivity index (χ1) is 7.40. The molecule has 0 amide bonds. The van der Waals surface area contributed by atoms with Crippen LogP contribution in [0, 0.1) is 0 Å². The van der Waals surface area contributed by atoms with Crippen LogP contribution >= 0.6 is 0 Å². The Balaban J connectivity index is 1.99. The molecule has 2 aromatic heterocycles. The molecule has 0 fully saturated rings. The van der Waals surface area contributed by atoms with E-state index < -0.39 is 0 Å². The van der Waals surface area contributed by atoms with Gasteiger partial charge in [-0.05, 0) is 35.0 Å². The van der Waals surface area contributed by atoms with Crippen LogP contribution in [0.4, 0.5) is 5.95 Å². The van der Waals surface area contributed by atoms with Gasteiger partial charge in [-0.25, -0.2) is 4.68 Å². The number of hydrogen-bond donors (Lipinski definition) is 1. The maximum Gasteiger partial charge on any atom is 0.243 e. The molecule has 0 bridgehead atoms. The summed E-state index contributed by atoms with van der Waals surface area (Å²) in [6.07, 6.45) is 3.53. The van der Waals surface area contributed by atoms with Gasteiger partial charge in [0.15, 0.2) is 0 Å². The van der Waals surface area contributed by atoms with E-state index in [1.54, 1.807) is 17.1 Å². The van der Waals surface area contributed by atoms with Crippen molar-refractivity contribution < 1.29 is 0 Å². The molecule has 2 heterocycles. The Morgan fingerprint density at radius 3 is 2.87 bits per heavy atom. The first-order valence-corrected chi connectivity index (χ1v) is 4.79. The summed E-state index contributed by atoms with van der Waals surface area (Å²) in [6, 6.07) is 3.90. The molecule has 0 radical (unpaired) electrons. The smallest absolute Gasteiger partial charge is 0.243 e. The lowest BCUT2D eigenvalue weighted by atomic mass is 10.3. The average Bonchev–Trinajstić information content (AvgIpc) is 2.75. The van der Waals surface area contributed by atoms with Crippen LogP contribution in [0.1, 0.15) is 12.5 Å². The van der Waals surface area contributed by atoms with Crippen LogP contribution in [0.25, 0.3) is 0 Å². The molecule has 0 aliphatic heterocycles. The summed E-state index contributed by atoms with van der Waals surface area (Å²) in [7, 11) is 0. The van der Waals surface area contributed by atoms with Crippen LogP contribution < -0.4 is 5.32 Å². The zero-order valence-corrected chi connectivity index (χ0v) is 8.46. The van der Waals surface area contributed by atoms with Crippen molar-refractivity contribution in [1.82, 2.24) is 25.2 Å². The monoisotopic (exact) mass is 204 g/mol. The third kappa shape index (κ3) is 2.28. The van der Waals surface area contributed by atoms with Crippen molar-refractivity contribution in [3.63, 3.8) is 0 Å².